The molecule has 0 radical (unpaired) electrons. The minimum Gasteiger partial charge on any atom is -0.491 e. The molecule has 0 heterocycles. The van der Waals surface area contributed by atoms with Gasteiger partial charge < -0.3 is 15.2 Å². The Kier molecular flexibility index (Phi) is 6.59. The topological polar surface area (TPSA) is 68.3 Å². The second-order valence-corrected chi connectivity index (χ2v) is 4.40. The van der Waals surface area contributed by atoms with E-state index in [-0.39, 0.29) is 0 Å². The molecule has 0 unspecified atom stereocenters. The van der Waals surface area contributed by atoms with Crippen molar-refractivity contribution in [2.45, 2.75) is 39.5 Å². The van der Waals surface area contributed by atoms with Crippen molar-refractivity contribution in [2.24, 2.45) is 0 Å². The van der Waals surface area contributed by atoms with Gasteiger partial charge in [0, 0.05) is 12.1 Å². The van der Waals surface area contributed by atoms with Crippen LogP contribution in [-0.4, -0.2) is 13.2 Å². The first kappa shape index (κ1) is 15.2. The van der Waals surface area contributed by atoms with E-state index in [4.69, 9.17) is 20.5 Å². The Bertz CT molecular complexity index is 407. The fourth-order valence-corrected chi connectivity index (χ4v) is 1.56. The van der Waals surface area contributed by atoms with Gasteiger partial charge in [-0.05, 0) is 12.8 Å². The number of unbranched alkanes of at least 4 members (excludes halogenated alkanes) is 2. The van der Waals surface area contributed by atoms with Crippen molar-refractivity contribution < 1.29 is 9.47 Å². The SMILES string of the molecule is CCCCOc1cc(C#N)cc(OCCCC)c1N. The van der Waals surface area contributed by atoms with E-state index < -0.39 is 0 Å². The minimum atomic E-state index is 0.478. The summed E-state index contributed by atoms with van der Waals surface area (Å²) >= 11 is 0. The number of rotatable bonds is 8. The summed E-state index contributed by atoms with van der Waals surface area (Å²) in [5.74, 6) is 1.08. The molecule has 0 bridgehead atoms. The lowest BCUT2D eigenvalue weighted by Gasteiger charge is -2.14. The summed E-state index contributed by atoms with van der Waals surface area (Å²) in [6, 6.07) is 5.43. The summed E-state index contributed by atoms with van der Waals surface area (Å²) in [4.78, 5) is 0. The molecule has 0 atom stereocenters. The predicted molar refractivity (Wildman–Crippen MR) is 76.4 cm³/mol. The summed E-state index contributed by atoms with van der Waals surface area (Å²) in [6.07, 6.45) is 4.03. The third-order valence-electron chi connectivity index (χ3n) is 2.74. The lowest BCUT2D eigenvalue weighted by Crippen LogP contribution is -2.04. The van der Waals surface area contributed by atoms with E-state index in [2.05, 4.69) is 19.9 Å². The van der Waals surface area contributed by atoms with Crippen molar-refractivity contribution in [2.75, 3.05) is 18.9 Å². The number of hydrogen-bond acceptors (Lipinski definition) is 4. The summed E-state index contributed by atoms with van der Waals surface area (Å²) in [5, 5.41) is 9.02. The Labute approximate surface area is 115 Å². The molecule has 0 saturated heterocycles. The Morgan fingerprint density at radius 2 is 1.53 bits per heavy atom. The largest absolute Gasteiger partial charge is 0.491 e. The van der Waals surface area contributed by atoms with Crippen molar-refractivity contribution in [3.63, 3.8) is 0 Å². The maximum absolute atomic E-state index is 9.02. The Balaban J connectivity index is 2.84. The van der Waals surface area contributed by atoms with E-state index in [0.717, 1.165) is 25.7 Å². The third kappa shape index (κ3) is 4.70. The molecule has 104 valence electrons. The van der Waals surface area contributed by atoms with Gasteiger partial charge in [-0.3, -0.25) is 0 Å². The van der Waals surface area contributed by atoms with Gasteiger partial charge in [0.05, 0.1) is 24.8 Å². The lowest BCUT2D eigenvalue weighted by atomic mass is 10.2. The molecule has 0 fully saturated rings. The number of nitriles is 1. The van der Waals surface area contributed by atoms with Gasteiger partial charge in [-0.2, -0.15) is 5.26 Å². The second-order valence-electron chi connectivity index (χ2n) is 4.40. The number of benzene rings is 1. The van der Waals surface area contributed by atoms with E-state index in [9.17, 15) is 0 Å². The van der Waals surface area contributed by atoms with Gasteiger partial charge in [-0.1, -0.05) is 26.7 Å². The van der Waals surface area contributed by atoms with Gasteiger partial charge in [-0.15, -0.1) is 0 Å². The summed E-state index contributed by atoms with van der Waals surface area (Å²) in [7, 11) is 0. The van der Waals surface area contributed by atoms with Crippen molar-refractivity contribution in [1.82, 2.24) is 0 Å². The smallest absolute Gasteiger partial charge is 0.147 e. The van der Waals surface area contributed by atoms with Gasteiger partial charge >= 0.3 is 0 Å². The molecule has 1 aromatic carbocycles. The fraction of sp³-hybridized carbons (Fsp3) is 0.533. The zero-order chi connectivity index (χ0) is 14.1. The molecule has 0 amide bonds. The molecule has 0 spiro atoms. The van der Waals surface area contributed by atoms with E-state index in [1.54, 1.807) is 12.1 Å². The molecule has 1 rings (SSSR count). The average Bonchev–Trinajstić information content (AvgIpc) is 2.42. The van der Waals surface area contributed by atoms with Crippen LogP contribution in [0.3, 0.4) is 0 Å². The van der Waals surface area contributed by atoms with Gasteiger partial charge in [0.25, 0.3) is 0 Å². The van der Waals surface area contributed by atoms with Gasteiger partial charge in [0.2, 0.25) is 0 Å². The third-order valence-corrected chi connectivity index (χ3v) is 2.74. The number of ether oxygens (including phenoxy) is 2. The van der Waals surface area contributed by atoms with Crippen LogP contribution in [0.25, 0.3) is 0 Å². The van der Waals surface area contributed by atoms with Crippen LogP contribution in [-0.2, 0) is 0 Å². The highest BCUT2D eigenvalue weighted by Gasteiger charge is 2.10. The Morgan fingerprint density at radius 1 is 1.05 bits per heavy atom. The maximum Gasteiger partial charge on any atom is 0.147 e. The number of nitrogen functional groups attached to an aromatic ring is 1. The molecule has 4 heteroatoms. The molecule has 0 aromatic heterocycles. The van der Waals surface area contributed by atoms with Crippen LogP contribution in [0.5, 0.6) is 11.5 Å². The zero-order valence-corrected chi connectivity index (χ0v) is 11.7. The standard InChI is InChI=1S/C15H22N2O2/c1-3-5-7-18-13-9-12(11-16)10-14(15(13)17)19-8-6-4-2/h9-10H,3-8,17H2,1-2H3. The van der Waals surface area contributed by atoms with Gasteiger partial charge in [0.15, 0.2) is 0 Å². The lowest BCUT2D eigenvalue weighted by molar-refractivity contribution is 0.297. The minimum absolute atomic E-state index is 0.478. The number of hydrogen-bond donors (Lipinski definition) is 1. The molecule has 0 aliphatic heterocycles. The number of nitrogens with two attached hydrogens (primary N) is 1. The van der Waals surface area contributed by atoms with Gasteiger partial charge in [-0.25, -0.2) is 0 Å². The van der Waals surface area contributed by atoms with Crippen LogP contribution in [0.2, 0.25) is 0 Å². The van der Waals surface area contributed by atoms with Crippen LogP contribution in [0.1, 0.15) is 45.1 Å². The summed E-state index contributed by atoms with van der Waals surface area (Å²) in [5.41, 5.74) is 7.00. The molecular weight excluding hydrogens is 240 g/mol. The van der Waals surface area contributed by atoms with Gasteiger partial charge in [0.1, 0.15) is 17.2 Å². The highest BCUT2D eigenvalue weighted by Crippen LogP contribution is 2.33. The Hall–Kier alpha value is -1.89. The molecule has 4 nitrogen and oxygen atoms in total. The molecule has 0 aliphatic rings. The van der Waals surface area contributed by atoms with Crippen LogP contribution < -0.4 is 15.2 Å². The van der Waals surface area contributed by atoms with Crippen molar-refractivity contribution >= 4 is 5.69 Å². The first-order valence-electron chi connectivity index (χ1n) is 6.82. The van der Waals surface area contributed by atoms with Crippen LogP contribution in [0.4, 0.5) is 5.69 Å². The normalized spacial score (nSPS) is 9.95. The second kappa shape index (κ2) is 8.25. The molecule has 2 N–H and O–H groups in total. The van der Waals surface area contributed by atoms with E-state index >= 15 is 0 Å². The van der Waals surface area contributed by atoms with Crippen LogP contribution >= 0.6 is 0 Å². The quantitative estimate of drug-likeness (QED) is 0.575. The van der Waals surface area contributed by atoms with Crippen molar-refractivity contribution in [3.05, 3.63) is 17.7 Å². The van der Waals surface area contributed by atoms with Crippen LogP contribution in [0, 0.1) is 11.3 Å². The Morgan fingerprint density at radius 3 is 1.89 bits per heavy atom. The molecule has 0 aliphatic carbocycles. The van der Waals surface area contributed by atoms with Crippen molar-refractivity contribution in [3.8, 4) is 17.6 Å². The number of anilines is 1. The maximum atomic E-state index is 9.02. The highest BCUT2D eigenvalue weighted by atomic mass is 16.5. The average molecular weight is 262 g/mol. The predicted octanol–water partition coefficient (Wildman–Crippen LogP) is 3.50. The zero-order valence-electron chi connectivity index (χ0n) is 11.7. The fourth-order valence-electron chi connectivity index (χ4n) is 1.56. The molecule has 1 aromatic rings. The highest BCUT2D eigenvalue weighted by molar-refractivity contribution is 5.65. The van der Waals surface area contributed by atoms with E-state index in [1.165, 1.54) is 0 Å². The van der Waals surface area contributed by atoms with Crippen LogP contribution in [0.15, 0.2) is 12.1 Å². The first-order valence-corrected chi connectivity index (χ1v) is 6.82. The number of nitrogens with zero attached hydrogens (tertiary/aromatic N) is 1. The molecule has 0 saturated carbocycles. The van der Waals surface area contributed by atoms with E-state index in [0.29, 0.717) is 36.0 Å². The molecule has 19 heavy (non-hydrogen) atoms. The monoisotopic (exact) mass is 262 g/mol. The van der Waals surface area contributed by atoms with E-state index in [1.807, 2.05) is 0 Å². The molecular formula is C15H22N2O2. The summed E-state index contributed by atoms with van der Waals surface area (Å²) in [6.45, 7) is 5.39. The summed E-state index contributed by atoms with van der Waals surface area (Å²) < 4.78 is 11.2. The van der Waals surface area contributed by atoms with Crippen molar-refractivity contribution in [1.29, 1.82) is 5.26 Å². The first-order chi connectivity index (χ1) is 9.22.